The predicted octanol–water partition coefficient (Wildman–Crippen LogP) is 13.2. The number of fused-ring (bicyclic) bond motifs is 3. The highest BCUT2D eigenvalue weighted by Gasteiger charge is 2.19. The maximum absolute atomic E-state index is 7.24. The van der Waals surface area contributed by atoms with Crippen LogP contribution in [-0.2, 0) is 0 Å². The van der Waals surface area contributed by atoms with Crippen LogP contribution < -0.4 is 5.73 Å². The molecule has 8 rings (SSSR count). The molecule has 0 unspecified atom stereocenters. The molecule has 0 saturated carbocycles. The van der Waals surface area contributed by atoms with E-state index in [-0.39, 0.29) is 0 Å². The summed E-state index contributed by atoms with van der Waals surface area (Å²) in [5, 5.41) is 9.47. The maximum Gasteiger partial charge on any atom is 0.136 e. The summed E-state index contributed by atoms with van der Waals surface area (Å²) in [5.41, 5.74) is 20.4. The molecule has 53 heavy (non-hydrogen) atoms. The van der Waals surface area contributed by atoms with Gasteiger partial charge in [0.1, 0.15) is 11.2 Å². The molecule has 0 amide bonds. The largest absolute Gasteiger partial charge is 0.456 e. The summed E-state index contributed by atoms with van der Waals surface area (Å²) in [6.45, 7) is 12.5. The molecule has 0 saturated heterocycles. The molecule has 0 aliphatic rings. The fraction of sp³-hybridized carbons (Fsp3) is 0.0600. The van der Waals surface area contributed by atoms with Crippen molar-refractivity contribution < 1.29 is 4.42 Å². The van der Waals surface area contributed by atoms with Crippen molar-refractivity contribution in [1.82, 2.24) is 0 Å². The molecule has 1 aromatic heterocycles. The Morgan fingerprint density at radius 1 is 0.585 bits per heavy atom. The Hall–Kier alpha value is -6.55. The Kier molecular flexibility index (Phi) is 11.4. The third kappa shape index (κ3) is 7.72. The lowest BCUT2D eigenvalue weighted by Gasteiger charge is -2.18. The zero-order valence-electron chi connectivity index (χ0n) is 30.6. The molecular weight excluding hydrogens is 645 g/mol. The van der Waals surface area contributed by atoms with Gasteiger partial charge in [-0.25, -0.2) is 0 Å². The SMILES string of the molecule is C=Cc1cccc(-c2cccc3oc4cc(-c5ccccc5)ccc4c23)c1-c1ccc(C(=C)c2ccccc2)cc1C.CC(=N)c1ccccc1.CN. The molecule has 0 aliphatic carbocycles. The average Bonchev–Trinajstić information content (AvgIpc) is 3.60. The summed E-state index contributed by atoms with van der Waals surface area (Å²) < 4.78 is 6.46. The zero-order chi connectivity index (χ0) is 37.3. The van der Waals surface area contributed by atoms with Gasteiger partial charge in [-0.1, -0.05) is 165 Å². The molecule has 8 aromatic rings. The second kappa shape index (κ2) is 16.6. The van der Waals surface area contributed by atoms with Crippen LogP contribution in [0.4, 0.5) is 0 Å². The van der Waals surface area contributed by atoms with E-state index < -0.39 is 0 Å². The first-order valence-electron chi connectivity index (χ1n) is 17.7. The van der Waals surface area contributed by atoms with E-state index in [4.69, 9.17) is 9.83 Å². The van der Waals surface area contributed by atoms with Gasteiger partial charge in [0, 0.05) is 16.5 Å². The minimum Gasteiger partial charge on any atom is -0.456 e. The first kappa shape index (κ1) is 36.2. The monoisotopic (exact) mass is 688 g/mol. The summed E-state index contributed by atoms with van der Waals surface area (Å²) in [6.07, 6.45) is 1.95. The van der Waals surface area contributed by atoms with Gasteiger partial charge in [0.15, 0.2) is 0 Å². The molecular formula is C50H44N2O. The van der Waals surface area contributed by atoms with E-state index in [1.165, 1.54) is 29.3 Å². The van der Waals surface area contributed by atoms with E-state index >= 15 is 0 Å². The van der Waals surface area contributed by atoms with Gasteiger partial charge in [-0.15, -0.1) is 0 Å². The smallest absolute Gasteiger partial charge is 0.136 e. The van der Waals surface area contributed by atoms with E-state index in [0.717, 1.165) is 66.5 Å². The zero-order valence-corrected chi connectivity index (χ0v) is 30.6. The maximum atomic E-state index is 7.24. The van der Waals surface area contributed by atoms with Gasteiger partial charge in [-0.3, -0.25) is 0 Å². The van der Waals surface area contributed by atoms with Crippen molar-refractivity contribution in [2.24, 2.45) is 5.73 Å². The second-order valence-electron chi connectivity index (χ2n) is 12.7. The van der Waals surface area contributed by atoms with Crippen molar-refractivity contribution in [3.8, 4) is 33.4 Å². The van der Waals surface area contributed by atoms with Crippen molar-refractivity contribution in [1.29, 1.82) is 5.41 Å². The summed E-state index contributed by atoms with van der Waals surface area (Å²) in [6, 6.07) is 56.5. The summed E-state index contributed by atoms with van der Waals surface area (Å²) in [4.78, 5) is 0. The van der Waals surface area contributed by atoms with Crippen molar-refractivity contribution in [2.75, 3.05) is 7.05 Å². The van der Waals surface area contributed by atoms with Crippen LogP contribution in [0.2, 0.25) is 0 Å². The molecule has 7 aromatic carbocycles. The van der Waals surface area contributed by atoms with Gasteiger partial charge < -0.3 is 15.6 Å². The minimum atomic E-state index is 0.621. The first-order chi connectivity index (χ1) is 25.9. The lowest BCUT2D eigenvalue weighted by atomic mass is 9.85. The fourth-order valence-corrected chi connectivity index (χ4v) is 6.75. The normalized spacial score (nSPS) is 10.5. The third-order valence-electron chi connectivity index (χ3n) is 9.38. The van der Waals surface area contributed by atoms with Gasteiger partial charge in [0.05, 0.1) is 0 Å². The molecule has 3 heteroatoms. The molecule has 3 nitrogen and oxygen atoms in total. The quantitative estimate of drug-likeness (QED) is 0.164. The number of nitrogens with one attached hydrogen (secondary N) is 1. The van der Waals surface area contributed by atoms with E-state index in [0.29, 0.717) is 5.71 Å². The van der Waals surface area contributed by atoms with Crippen LogP contribution in [0.25, 0.3) is 67.0 Å². The number of furan rings is 1. The Bertz CT molecular complexity index is 2530. The molecule has 0 radical (unpaired) electrons. The van der Waals surface area contributed by atoms with E-state index in [1.54, 1.807) is 6.92 Å². The lowest BCUT2D eigenvalue weighted by molar-refractivity contribution is 0.669. The average molecular weight is 689 g/mol. The van der Waals surface area contributed by atoms with Crippen molar-refractivity contribution in [3.05, 3.63) is 205 Å². The Morgan fingerprint density at radius 2 is 1.21 bits per heavy atom. The van der Waals surface area contributed by atoms with Crippen LogP contribution in [-0.4, -0.2) is 12.8 Å². The molecule has 0 fully saturated rings. The summed E-state index contributed by atoms with van der Waals surface area (Å²) >= 11 is 0. The van der Waals surface area contributed by atoms with Crippen LogP contribution >= 0.6 is 0 Å². The lowest BCUT2D eigenvalue weighted by Crippen LogP contribution is -1.94. The topological polar surface area (TPSA) is 63.0 Å². The number of nitrogens with two attached hydrogens (primary N) is 1. The standard InChI is InChI=1S/C41H30O.C8H9N.CH5N/c1-4-29-17-11-18-35(40(29)34-23-21-32(25-27(34)2)28(3)30-13-7-5-8-14-30)36-19-12-20-38-41(36)37-24-22-33(26-39(37)42-38)31-15-9-6-10-16-31;1-7(9)8-5-3-2-4-6-8;1-2/h4-26H,1,3H2,2H3;2-6,9H,1H3;2H2,1H3. The Morgan fingerprint density at radius 3 is 1.83 bits per heavy atom. The highest BCUT2D eigenvalue weighted by atomic mass is 16.3. The van der Waals surface area contributed by atoms with E-state index in [9.17, 15) is 0 Å². The minimum absolute atomic E-state index is 0.621. The Balaban J connectivity index is 0.000000380. The summed E-state index contributed by atoms with van der Waals surface area (Å²) in [5.74, 6) is 0. The van der Waals surface area contributed by atoms with Crippen molar-refractivity contribution in [2.45, 2.75) is 13.8 Å². The number of hydrogen-bond donors (Lipinski definition) is 2. The molecule has 0 aliphatic heterocycles. The number of hydrogen-bond acceptors (Lipinski definition) is 3. The van der Waals surface area contributed by atoms with Gasteiger partial charge >= 0.3 is 0 Å². The molecule has 1 heterocycles. The van der Waals surface area contributed by atoms with Crippen LogP contribution in [0.3, 0.4) is 0 Å². The molecule has 0 spiro atoms. The third-order valence-corrected chi connectivity index (χ3v) is 9.38. The molecule has 3 N–H and O–H groups in total. The van der Waals surface area contributed by atoms with Crippen LogP contribution in [0.1, 0.15) is 34.7 Å². The van der Waals surface area contributed by atoms with Gasteiger partial charge in [0.2, 0.25) is 0 Å². The molecule has 0 bridgehead atoms. The summed E-state index contributed by atoms with van der Waals surface area (Å²) in [7, 11) is 1.50. The van der Waals surface area contributed by atoms with Crippen LogP contribution in [0.5, 0.6) is 0 Å². The van der Waals surface area contributed by atoms with Crippen LogP contribution in [0, 0.1) is 12.3 Å². The highest BCUT2D eigenvalue weighted by Crippen LogP contribution is 2.44. The second-order valence-corrected chi connectivity index (χ2v) is 12.7. The number of aryl methyl sites for hydroxylation is 1. The number of benzene rings is 7. The molecule has 0 atom stereocenters. The highest BCUT2D eigenvalue weighted by molar-refractivity contribution is 6.14. The van der Waals surface area contributed by atoms with Crippen LogP contribution in [0.15, 0.2) is 181 Å². The predicted molar refractivity (Wildman–Crippen MR) is 228 cm³/mol. The Labute approximate surface area is 312 Å². The van der Waals surface area contributed by atoms with Gasteiger partial charge in [-0.05, 0) is 106 Å². The number of rotatable bonds is 7. The van der Waals surface area contributed by atoms with E-state index in [1.807, 2.05) is 48.5 Å². The fourth-order valence-electron chi connectivity index (χ4n) is 6.75. The van der Waals surface area contributed by atoms with Crippen molar-refractivity contribution >= 4 is 39.3 Å². The first-order valence-corrected chi connectivity index (χ1v) is 17.7. The van der Waals surface area contributed by atoms with E-state index in [2.05, 4.69) is 147 Å². The van der Waals surface area contributed by atoms with Gasteiger partial charge in [-0.2, -0.15) is 0 Å². The van der Waals surface area contributed by atoms with Gasteiger partial charge in [0.25, 0.3) is 0 Å². The molecule has 260 valence electrons. The van der Waals surface area contributed by atoms with Crippen molar-refractivity contribution in [3.63, 3.8) is 0 Å².